The molecule has 1 N–H and O–H groups in total. The van der Waals surface area contributed by atoms with Gasteiger partial charge in [0.25, 0.3) is 5.91 Å². The predicted molar refractivity (Wildman–Crippen MR) is 86.5 cm³/mol. The van der Waals surface area contributed by atoms with Crippen molar-refractivity contribution in [1.29, 1.82) is 0 Å². The van der Waals surface area contributed by atoms with Crippen LogP contribution in [0.1, 0.15) is 15.9 Å². The Bertz CT molecular complexity index is 897. The summed E-state index contributed by atoms with van der Waals surface area (Å²) in [5.41, 5.74) is 0.631. The molecule has 1 aromatic carbocycles. The first kappa shape index (κ1) is 14.2. The van der Waals surface area contributed by atoms with Crippen LogP contribution < -0.4 is 10.9 Å². The van der Waals surface area contributed by atoms with Crippen molar-refractivity contribution in [2.24, 2.45) is 0 Å². The fourth-order valence-electron chi connectivity index (χ4n) is 2.13. The maximum absolute atomic E-state index is 12.2. The van der Waals surface area contributed by atoms with Crippen LogP contribution in [0.3, 0.4) is 0 Å². The molecule has 2 aromatic heterocycles. The number of para-hydroxylation sites is 1. The maximum atomic E-state index is 12.2. The number of nitrogens with one attached hydrogen (secondary N) is 1. The van der Waals surface area contributed by atoms with Crippen molar-refractivity contribution in [3.05, 3.63) is 70.0 Å². The second-order valence-electron chi connectivity index (χ2n) is 4.57. The van der Waals surface area contributed by atoms with Gasteiger partial charge in [-0.25, -0.2) is 9.78 Å². The highest BCUT2D eigenvalue weighted by molar-refractivity contribution is 7.13. The van der Waals surface area contributed by atoms with Crippen LogP contribution in [-0.2, 0) is 6.42 Å². The van der Waals surface area contributed by atoms with Crippen molar-refractivity contribution < 1.29 is 9.21 Å². The molecule has 0 aliphatic carbocycles. The van der Waals surface area contributed by atoms with Crippen molar-refractivity contribution in [3.63, 3.8) is 0 Å². The molecule has 0 aliphatic rings. The van der Waals surface area contributed by atoms with Gasteiger partial charge in [0, 0.05) is 17.0 Å². The van der Waals surface area contributed by atoms with Gasteiger partial charge in [-0.1, -0.05) is 24.3 Å². The number of amides is 1. The maximum Gasteiger partial charge on any atom is 0.349 e. The Morgan fingerprint density at radius 2 is 2.32 bits per heavy atom. The number of aromatic nitrogens is 1. The van der Waals surface area contributed by atoms with Gasteiger partial charge >= 0.3 is 5.63 Å². The second-order valence-corrected chi connectivity index (χ2v) is 5.46. The van der Waals surface area contributed by atoms with Gasteiger partial charge in [0.05, 0.1) is 0 Å². The lowest BCUT2D eigenvalue weighted by Gasteiger charge is -2.05. The van der Waals surface area contributed by atoms with Gasteiger partial charge in [0.1, 0.15) is 11.1 Å². The minimum atomic E-state index is -0.668. The molecule has 1 amide bonds. The Balaban J connectivity index is 2.04. The molecule has 0 saturated heterocycles. The lowest BCUT2D eigenvalue weighted by atomic mass is 10.1. The minimum absolute atomic E-state index is 0.0431. The average molecular weight is 312 g/mol. The highest BCUT2D eigenvalue weighted by atomic mass is 32.1. The van der Waals surface area contributed by atoms with Crippen LogP contribution in [0.5, 0.6) is 0 Å². The summed E-state index contributed by atoms with van der Waals surface area (Å²) in [7, 11) is 0. The first-order valence-corrected chi connectivity index (χ1v) is 7.44. The van der Waals surface area contributed by atoms with Crippen LogP contribution in [0.2, 0.25) is 0 Å². The van der Waals surface area contributed by atoms with Gasteiger partial charge in [0.15, 0.2) is 5.13 Å². The van der Waals surface area contributed by atoms with Crippen LogP contribution in [0, 0.1) is 0 Å². The van der Waals surface area contributed by atoms with Gasteiger partial charge < -0.3 is 4.42 Å². The normalized spacial score (nSPS) is 10.5. The monoisotopic (exact) mass is 312 g/mol. The SMILES string of the molecule is C=CCc1cccc2cc(C(=O)Nc3nccs3)c(=O)oc12. The number of carbonyl (C=O) groups excluding carboxylic acids is 1. The molecule has 0 saturated carbocycles. The summed E-state index contributed by atoms with van der Waals surface area (Å²) in [4.78, 5) is 28.2. The third kappa shape index (κ3) is 2.68. The lowest BCUT2D eigenvalue weighted by Crippen LogP contribution is -2.20. The van der Waals surface area contributed by atoms with Crippen molar-refractivity contribution in [3.8, 4) is 0 Å². The molecular formula is C16H12N2O3S. The van der Waals surface area contributed by atoms with Gasteiger partial charge in [-0.15, -0.1) is 17.9 Å². The summed E-state index contributed by atoms with van der Waals surface area (Å²) in [6.07, 6.45) is 3.90. The molecule has 22 heavy (non-hydrogen) atoms. The quantitative estimate of drug-likeness (QED) is 0.593. The van der Waals surface area contributed by atoms with Crippen LogP contribution in [-0.4, -0.2) is 10.9 Å². The van der Waals surface area contributed by atoms with Gasteiger partial charge in [0.2, 0.25) is 0 Å². The largest absolute Gasteiger partial charge is 0.422 e. The first-order valence-electron chi connectivity index (χ1n) is 6.56. The summed E-state index contributed by atoms with van der Waals surface area (Å²) >= 11 is 1.28. The lowest BCUT2D eigenvalue weighted by molar-refractivity contribution is 0.102. The Kier molecular flexibility index (Phi) is 3.84. The number of thiazole rings is 1. The molecule has 0 unspecified atom stereocenters. The van der Waals surface area contributed by atoms with Crippen molar-refractivity contribution in [2.45, 2.75) is 6.42 Å². The Hall–Kier alpha value is -2.73. The predicted octanol–water partition coefficient (Wildman–Crippen LogP) is 3.23. The molecular weight excluding hydrogens is 300 g/mol. The molecule has 3 rings (SSSR count). The van der Waals surface area contributed by atoms with E-state index in [1.54, 1.807) is 23.7 Å². The number of nitrogens with zero attached hydrogens (tertiary/aromatic N) is 1. The summed E-state index contributed by atoms with van der Waals surface area (Å²) < 4.78 is 5.34. The topological polar surface area (TPSA) is 72.2 Å². The van der Waals surface area contributed by atoms with Crippen molar-refractivity contribution in [2.75, 3.05) is 5.32 Å². The number of rotatable bonds is 4. The molecule has 0 spiro atoms. The number of hydrogen-bond donors (Lipinski definition) is 1. The smallest absolute Gasteiger partial charge is 0.349 e. The van der Waals surface area contributed by atoms with E-state index in [4.69, 9.17) is 4.42 Å². The number of carbonyl (C=O) groups is 1. The molecule has 0 radical (unpaired) electrons. The van der Waals surface area contributed by atoms with Crippen molar-refractivity contribution >= 4 is 33.3 Å². The van der Waals surface area contributed by atoms with Crippen LogP contribution in [0.4, 0.5) is 5.13 Å². The van der Waals surface area contributed by atoms with Crippen molar-refractivity contribution in [1.82, 2.24) is 4.98 Å². The zero-order chi connectivity index (χ0) is 15.5. The van der Waals surface area contributed by atoms with Gasteiger partial charge in [-0.05, 0) is 18.1 Å². The van der Waals surface area contributed by atoms with E-state index >= 15 is 0 Å². The fourth-order valence-corrected chi connectivity index (χ4v) is 2.65. The van der Waals surface area contributed by atoms with E-state index < -0.39 is 11.5 Å². The number of fused-ring (bicyclic) bond motifs is 1. The average Bonchev–Trinajstić information content (AvgIpc) is 3.00. The minimum Gasteiger partial charge on any atom is -0.422 e. The van der Waals surface area contributed by atoms with Crippen LogP contribution in [0.25, 0.3) is 11.0 Å². The highest BCUT2D eigenvalue weighted by Crippen LogP contribution is 2.20. The molecule has 3 aromatic rings. The van der Waals surface area contributed by atoms with E-state index in [9.17, 15) is 9.59 Å². The molecule has 0 fully saturated rings. The molecule has 2 heterocycles. The standard InChI is InChI=1S/C16H12N2O3S/c1-2-4-10-5-3-6-11-9-12(15(20)21-13(10)11)14(19)18-16-17-7-8-22-16/h2-3,5-9H,1,4H2,(H,17,18,19). The van der Waals surface area contributed by atoms with Gasteiger partial charge in [-0.3, -0.25) is 10.1 Å². The van der Waals surface area contributed by atoms with Crippen LogP contribution in [0.15, 0.2) is 57.7 Å². The van der Waals surface area contributed by atoms with E-state index in [2.05, 4.69) is 16.9 Å². The summed E-state index contributed by atoms with van der Waals surface area (Å²) in [5.74, 6) is -0.528. The summed E-state index contributed by atoms with van der Waals surface area (Å²) in [6, 6.07) is 7.05. The number of hydrogen-bond acceptors (Lipinski definition) is 5. The van der Waals surface area contributed by atoms with E-state index in [1.807, 2.05) is 12.1 Å². The molecule has 0 atom stereocenters. The van der Waals surface area contributed by atoms with E-state index in [0.29, 0.717) is 22.5 Å². The summed E-state index contributed by atoms with van der Waals surface area (Å²) in [5, 5.41) is 5.44. The van der Waals surface area contributed by atoms with Crippen LogP contribution >= 0.6 is 11.3 Å². The number of benzene rings is 1. The zero-order valence-corrected chi connectivity index (χ0v) is 12.4. The molecule has 0 aliphatic heterocycles. The van der Waals surface area contributed by atoms with E-state index in [-0.39, 0.29) is 5.56 Å². The molecule has 6 heteroatoms. The third-order valence-corrected chi connectivity index (χ3v) is 3.79. The molecule has 5 nitrogen and oxygen atoms in total. The first-order chi connectivity index (χ1) is 10.7. The van der Waals surface area contributed by atoms with Gasteiger partial charge in [-0.2, -0.15) is 0 Å². The van der Waals surface area contributed by atoms with E-state index in [0.717, 1.165) is 5.56 Å². The summed E-state index contributed by atoms with van der Waals surface area (Å²) in [6.45, 7) is 3.68. The number of allylic oxidation sites excluding steroid dienone is 1. The van der Waals surface area contributed by atoms with E-state index in [1.165, 1.54) is 17.4 Å². The second kappa shape index (κ2) is 5.95. The number of anilines is 1. The molecule has 0 bridgehead atoms. The fraction of sp³-hybridized carbons (Fsp3) is 0.0625. The third-order valence-electron chi connectivity index (χ3n) is 3.10. The Labute approximate surface area is 129 Å². The highest BCUT2D eigenvalue weighted by Gasteiger charge is 2.15. The Morgan fingerprint density at radius 1 is 1.45 bits per heavy atom. The molecule has 110 valence electrons. The Morgan fingerprint density at radius 3 is 3.05 bits per heavy atom. The zero-order valence-electron chi connectivity index (χ0n) is 11.5.